The van der Waals surface area contributed by atoms with E-state index in [1.165, 1.54) is 5.39 Å². The summed E-state index contributed by atoms with van der Waals surface area (Å²) in [6, 6.07) is 15.3. The second kappa shape index (κ2) is 2.67. The maximum atomic E-state index is 3.42. The number of fused-ring (bicyclic) bond motifs is 1. The van der Waals surface area contributed by atoms with Crippen LogP contribution >= 0.6 is 15.9 Å². The van der Waals surface area contributed by atoms with E-state index < -0.39 is 0 Å². The Kier molecular flexibility index (Phi) is 1.66. The van der Waals surface area contributed by atoms with Crippen LogP contribution in [0.25, 0.3) is 10.8 Å². The van der Waals surface area contributed by atoms with Crippen LogP contribution in [0.15, 0.2) is 40.9 Å². The van der Waals surface area contributed by atoms with Crippen LogP contribution in [0.1, 0.15) is 0 Å². The molecule has 11 heavy (non-hydrogen) atoms. The zero-order valence-electron chi connectivity index (χ0n) is 5.84. The van der Waals surface area contributed by atoms with Crippen molar-refractivity contribution < 1.29 is 0 Å². The van der Waals surface area contributed by atoms with E-state index in [0.717, 1.165) is 9.86 Å². The van der Waals surface area contributed by atoms with Crippen molar-refractivity contribution in [3.8, 4) is 0 Å². The molecule has 53 valence electrons. The Bertz CT molecular complexity index is 379. The summed E-state index contributed by atoms with van der Waals surface area (Å²) < 4.78 is 1.12. The van der Waals surface area contributed by atoms with Crippen molar-refractivity contribution in [1.29, 1.82) is 0 Å². The standard InChI is InChI=1S/C10H6Br/c11-10-6-5-8-3-1-2-4-9(8)7-10/h1-2,4-7H. The minimum Gasteiger partial charge on any atom is -0.0610 e. The normalized spacial score (nSPS) is 10.3. The average molecular weight is 206 g/mol. The third kappa shape index (κ3) is 1.29. The number of hydrogen-bond donors (Lipinski definition) is 0. The summed E-state index contributed by atoms with van der Waals surface area (Å²) in [5, 5.41) is 2.39. The lowest BCUT2D eigenvalue weighted by atomic mass is 10.1. The molecule has 0 nitrogen and oxygen atoms in total. The van der Waals surface area contributed by atoms with E-state index in [1.807, 2.05) is 18.2 Å². The molecule has 2 aromatic rings. The van der Waals surface area contributed by atoms with Crippen molar-refractivity contribution >= 4 is 26.7 Å². The highest BCUT2D eigenvalue weighted by atomic mass is 79.9. The molecule has 0 saturated carbocycles. The Morgan fingerprint density at radius 3 is 3.00 bits per heavy atom. The summed E-state index contributed by atoms with van der Waals surface area (Å²) >= 11 is 3.42. The van der Waals surface area contributed by atoms with Crippen LogP contribution in [0, 0.1) is 6.07 Å². The molecular weight excluding hydrogens is 200 g/mol. The molecule has 0 fully saturated rings. The van der Waals surface area contributed by atoms with Gasteiger partial charge in [0.15, 0.2) is 0 Å². The summed E-state index contributed by atoms with van der Waals surface area (Å²) in [7, 11) is 0. The Balaban J connectivity index is 2.83. The maximum absolute atomic E-state index is 3.42. The molecule has 0 saturated heterocycles. The molecule has 0 aliphatic heterocycles. The van der Waals surface area contributed by atoms with Crippen LogP contribution in [0.5, 0.6) is 0 Å². The van der Waals surface area contributed by atoms with Crippen molar-refractivity contribution in [2.24, 2.45) is 0 Å². The average Bonchev–Trinajstić information content (AvgIpc) is 2.04. The smallest absolute Gasteiger partial charge is 0.0181 e. The van der Waals surface area contributed by atoms with Crippen LogP contribution in [-0.4, -0.2) is 0 Å². The number of benzene rings is 2. The van der Waals surface area contributed by atoms with E-state index in [0.29, 0.717) is 0 Å². The molecular formula is C10H6Br. The van der Waals surface area contributed by atoms with Crippen LogP contribution in [-0.2, 0) is 0 Å². The predicted molar refractivity (Wildman–Crippen MR) is 50.5 cm³/mol. The van der Waals surface area contributed by atoms with E-state index in [-0.39, 0.29) is 0 Å². The molecule has 0 spiro atoms. The fourth-order valence-corrected chi connectivity index (χ4v) is 1.47. The maximum Gasteiger partial charge on any atom is 0.0181 e. The Morgan fingerprint density at radius 1 is 1.18 bits per heavy atom. The summed E-state index contributed by atoms with van der Waals surface area (Å²) in [5.74, 6) is 0. The van der Waals surface area contributed by atoms with Crippen LogP contribution in [0.3, 0.4) is 0 Å². The van der Waals surface area contributed by atoms with Gasteiger partial charge in [0, 0.05) is 4.47 Å². The Labute approximate surface area is 74.0 Å². The van der Waals surface area contributed by atoms with E-state index in [2.05, 4.69) is 40.2 Å². The molecule has 0 bridgehead atoms. The molecule has 1 radical (unpaired) electrons. The first-order chi connectivity index (χ1) is 5.36. The van der Waals surface area contributed by atoms with Crippen LogP contribution in [0.2, 0.25) is 0 Å². The lowest BCUT2D eigenvalue weighted by Gasteiger charge is -1.95. The number of halogens is 1. The van der Waals surface area contributed by atoms with E-state index in [9.17, 15) is 0 Å². The quantitative estimate of drug-likeness (QED) is 0.619. The van der Waals surface area contributed by atoms with Gasteiger partial charge in [0.25, 0.3) is 0 Å². The highest BCUT2D eigenvalue weighted by molar-refractivity contribution is 9.10. The second-order valence-electron chi connectivity index (χ2n) is 2.40. The zero-order valence-corrected chi connectivity index (χ0v) is 7.43. The highest BCUT2D eigenvalue weighted by Gasteiger charge is 1.91. The van der Waals surface area contributed by atoms with Crippen molar-refractivity contribution in [2.45, 2.75) is 0 Å². The molecule has 2 rings (SSSR count). The lowest BCUT2D eigenvalue weighted by molar-refractivity contribution is 1.70. The summed E-state index contributed by atoms with van der Waals surface area (Å²) in [6.07, 6.45) is 0. The van der Waals surface area contributed by atoms with E-state index in [1.54, 1.807) is 0 Å². The topological polar surface area (TPSA) is 0 Å². The van der Waals surface area contributed by atoms with Gasteiger partial charge < -0.3 is 0 Å². The summed E-state index contributed by atoms with van der Waals surface area (Å²) in [5.41, 5.74) is 0. The van der Waals surface area contributed by atoms with Crippen molar-refractivity contribution in [2.75, 3.05) is 0 Å². The number of hydrogen-bond acceptors (Lipinski definition) is 0. The Morgan fingerprint density at radius 2 is 2.09 bits per heavy atom. The Hall–Kier alpha value is -0.820. The molecule has 2 aromatic carbocycles. The number of rotatable bonds is 0. The molecule has 0 atom stereocenters. The largest absolute Gasteiger partial charge is 0.0610 e. The van der Waals surface area contributed by atoms with Crippen LogP contribution in [0.4, 0.5) is 0 Å². The third-order valence-corrected chi connectivity index (χ3v) is 2.12. The SMILES string of the molecule is Brc1ccc2[c]cccc2c1. The van der Waals surface area contributed by atoms with Gasteiger partial charge in [-0.25, -0.2) is 0 Å². The fourth-order valence-electron chi connectivity index (χ4n) is 1.09. The summed E-state index contributed by atoms with van der Waals surface area (Å²) in [4.78, 5) is 0. The van der Waals surface area contributed by atoms with Gasteiger partial charge in [-0.15, -0.1) is 0 Å². The molecule has 1 heteroatoms. The van der Waals surface area contributed by atoms with Gasteiger partial charge in [0.05, 0.1) is 0 Å². The molecule has 0 heterocycles. The van der Waals surface area contributed by atoms with Gasteiger partial charge in [-0.1, -0.05) is 40.2 Å². The minimum atomic E-state index is 1.12. The lowest BCUT2D eigenvalue weighted by Crippen LogP contribution is -1.70. The predicted octanol–water partition coefficient (Wildman–Crippen LogP) is 3.40. The second-order valence-corrected chi connectivity index (χ2v) is 3.32. The van der Waals surface area contributed by atoms with Gasteiger partial charge in [0.1, 0.15) is 0 Å². The van der Waals surface area contributed by atoms with Gasteiger partial charge in [-0.2, -0.15) is 0 Å². The molecule has 0 N–H and O–H groups in total. The molecule has 0 aliphatic carbocycles. The first kappa shape index (κ1) is 6.86. The van der Waals surface area contributed by atoms with Crippen molar-refractivity contribution in [3.05, 3.63) is 46.9 Å². The summed E-state index contributed by atoms with van der Waals surface area (Å²) in [6.45, 7) is 0. The first-order valence-electron chi connectivity index (χ1n) is 3.42. The highest BCUT2D eigenvalue weighted by Crippen LogP contribution is 2.18. The minimum absolute atomic E-state index is 1.12. The van der Waals surface area contributed by atoms with E-state index >= 15 is 0 Å². The zero-order chi connectivity index (χ0) is 7.68. The van der Waals surface area contributed by atoms with Gasteiger partial charge >= 0.3 is 0 Å². The molecule has 0 aliphatic rings. The fraction of sp³-hybridized carbons (Fsp3) is 0. The monoisotopic (exact) mass is 205 g/mol. The third-order valence-electron chi connectivity index (χ3n) is 1.62. The molecule has 0 aromatic heterocycles. The van der Waals surface area contributed by atoms with Crippen molar-refractivity contribution in [3.63, 3.8) is 0 Å². The first-order valence-corrected chi connectivity index (χ1v) is 4.21. The molecule has 0 unspecified atom stereocenters. The van der Waals surface area contributed by atoms with Crippen LogP contribution < -0.4 is 0 Å². The van der Waals surface area contributed by atoms with Gasteiger partial charge in [0.2, 0.25) is 0 Å². The molecule has 0 amide bonds. The van der Waals surface area contributed by atoms with Gasteiger partial charge in [-0.3, -0.25) is 0 Å². The van der Waals surface area contributed by atoms with Gasteiger partial charge in [-0.05, 0) is 29.0 Å². The van der Waals surface area contributed by atoms with Crippen molar-refractivity contribution in [1.82, 2.24) is 0 Å². The van der Waals surface area contributed by atoms with E-state index in [4.69, 9.17) is 0 Å².